The van der Waals surface area contributed by atoms with Crippen LogP contribution in [0.4, 0.5) is 11.4 Å². The molecule has 1 aliphatic heterocycles. The Morgan fingerprint density at radius 2 is 2.17 bits per heavy atom. The number of nitrogens with one attached hydrogen (secondary N) is 1. The van der Waals surface area contributed by atoms with Crippen molar-refractivity contribution in [3.8, 4) is 16.3 Å². The first-order valence-corrected chi connectivity index (χ1v) is 9.61. The molecule has 0 aromatic carbocycles. The van der Waals surface area contributed by atoms with E-state index in [4.69, 9.17) is 10.5 Å². The molecule has 0 saturated carbocycles. The molecule has 4 aromatic rings. The number of hydrogen-bond donors (Lipinski definition) is 2. The van der Waals surface area contributed by atoms with E-state index >= 15 is 0 Å². The molecule has 0 radical (unpaired) electrons. The number of aryl methyl sites for hydroxylation is 2. The number of ether oxygens (including phenoxy) is 1. The minimum absolute atomic E-state index is 0. The zero-order valence-electron chi connectivity index (χ0n) is 15.5. The monoisotopic (exact) mass is 431 g/mol. The highest BCUT2D eigenvalue weighted by Crippen LogP contribution is 2.37. The highest BCUT2D eigenvalue weighted by Gasteiger charge is 2.22. The maximum absolute atomic E-state index is 12.8. The summed E-state index contributed by atoms with van der Waals surface area (Å²) in [6.45, 7) is 3.34. The highest BCUT2D eigenvalue weighted by molar-refractivity contribution is 7.21. The first kappa shape index (κ1) is 19.2. The van der Waals surface area contributed by atoms with Crippen molar-refractivity contribution in [3.05, 3.63) is 42.1 Å². The fourth-order valence-electron chi connectivity index (χ4n) is 3.17. The fourth-order valence-corrected chi connectivity index (χ4v) is 4.23. The average Bonchev–Trinajstić information content (AvgIpc) is 3.37. The van der Waals surface area contributed by atoms with E-state index in [1.165, 1.54) is 11.3 Å². The molecule has 1 amide bonds. The summed E-state index contributed by atoms with van der Waals surface area (Å²) in [5.41, 5.74) is 8.95. The number of carbonyl (C=O) groups is 1. The van der Waals surface area contributed by atoms with Crippen LogP contribution in [0.15, 0.2) is 30.9 Å². The van der Waals surface area contributed by atoms with Gasteiger partial charge in [0.1, 0.15) is 4.83 Å². The van der Waals surface area contributed by atoms with Crippen molar-refractivity contribution in [2.45, 2.75) is 19.9 Å². The van der Waals surface area contributed by atoms with E-state index in [0.717, 1.165) is 34.1 Å². The highest BCUT2D eigenvalue weighted by atomic mass is 35.5. The number of fused-ring (bicyclic) bond motifs is 2. The molecule has 0 spiro atoms. The number of amides is 1. The molecule has 5 rings (SSSR count). The largest absolute Gasteiger partial charge is 0.477 e. The smallest absolute Gasteiger partial charge is 0.260 e. The number of aromatic nitrogens is 5. The third-order valence-electron chi connectivity index (χ3n) is 4.61. The van der Waals surface area contributed by atoms with Crippen LogP contribution < -0.4 is 15.8 Å². The third kappa shape index (κ3) is 3.30. The molecule has 11 heteroatoms. The molecule has 1 aliphatic rings. The lowest BCUT2D eigenvalue weighted by Gasteiger charge is -2.15. The molecule has 0 saturated heterocycles. The van der Waals surface area contributed by atoms with Crippen LogP contribution >= 0.6 is 23.7 Å². The first-order chi connectivity index (χ1) is 13.6. The Bertz CT molecular complexity index is 1210. The molecule has 5 heterocycles. The van der Waals surface area contributed by atoms with Crippen molar-refractivity contribution in [1.29, 1.82) is 0 Å². The number of pyridine rings is 1. The molecule has 0 unspecified atom stereocenters. The quantitative estimate of drug-likeness (QED) is 0.515. The van der Waals surface area contributed by atoms with Crippen LogP contribution in [0, 0.1) is 6.92 Å². The molecule has 4 aromatic heterocycles. The van der Waals surface area contributed by atoms with Gasteiger partial charge in [0.15, 0.2) is 0 Å². The number of hydrogen-bond acceptors (Lipinski definition) is 7. The summed E-state index contributed by atoms with van der Waals surface area (Å²) in [7, 11) is 0. The molecule has 150 valence electrons. The minimum atomic E-state index is -0.257. The lowest BCUT2D eigenvalue weighted by molar-refractivity contribution is 0.102. The molecule has 0 fully saturated rings. The van der Waals surface area contributed by atoms with Gasteiger partial charge in [-0.15, -0.1) is 23.7 Å². The Balaban J connectivity index is 0.00000205. The normalized spacial score (nSPS) is 12.9. The van der Waals surface area contributed by atoms with E-state index in [1.807, 2.05) is 17.8 Å². The van der Waals surface area contributed by atoms with Crippen molar-refractivity contribution in [3.63, 3.8) is 0 Å². The molecular weight excluding hydrogens is 414 g/mol. The maximum Gasteiger partial charge on any atom is 0.260 e. The van der Waals surface area contributed by atoms with Crippen LogP contribution in [0.1, 0.15) is 22.5 Å². The summed E-state index contributed by atoms with van der Waals surface area (Å²) in [6, 6.07) is 1.69. The maximum atomic E-state index is 12.8. The first-order valence-electron chi connectivity index (χ1n) is 8.80. The summed E-state index contributed by atoms with van der Waals surface area (Å²) in [6.07, 6.45) is 7.76. The van der Waals surface area contributed by atoms with Crippen molar-refractivity contribution in [1.82, 2.24) is 24.4 Å². The Labute approximate surface area is 175 Å². The zero-order valence-corrected chi connectivity index (χ0v) is 17.1. The summed E-state index contributed by atoms with van der Waals surface area (Å²) in [5.74, 6) is 0.510. The van der Waals surface area contributed by atoms with Crippen LogP contribution in [0.25, 0.3) is 15.3 Å². The standard InChI is InChI=1S/C18H17N7O2S.ClH/c1-10-14(5-11(19)6-20-10)23-16(26)13-8-22-25-9-15(28-18(13)25)12-7-21-24-3-2-4-27-17(12)24;/h5-9H,2-4,19H2,1H3,(H,23,26);1H. The average molecular weight is 432 g/mol. The van der Waals surface area contributed by atoms with Crippen LogP contribution in [0.5, 0.6) is 5.88 Å². The van der Waals surface area contributed by atoms with E-state index in [9.17, 15) is 4.79 Å². The van der Waals surface area contributed by atoms with Gasteiger partial charge in [0.05, 0.1) is 58.3 Å². The van der Waals surface area contributed by atoms with E-state index in [2.05, 4.69) is 20.5 Å². The Morgan fingerprint density at radius 1 is 1.31 bits per heavy atom. The predicted octanol–water partition coefficient (Wildman–Crippen LogP) is 3.00. The number of anilines is 2. The second kappa shape index (κ2) is 7.37. The number of halogens is 1. The minimum Gasteiger partial charge on any atom is -0.477 e. The van der Waals surface area contributed by atoms with Crippen molar-refractivity contribution in [2.24, 2.45) is 0 Å². The molecule has 0 bridgehead atoms. The van der Waals surface area contributed by atoms with Crippen molar-refractivity contribution in [2.75, 3.05) is 17.7 Å². The van der Waals surface area contributed by atoms with Gasteiger partial charge in [-0.25, -0.2) is 9.20 Å². The van der Waals surface area contributed by atoms with Gasteiger partial charge >= 0.3 is 0 Å². The van der Waals surface area contributed by atoms with Crippen molar-refractivity contribution < 1.29 is 9.53 Å². The van der Waals surface area contributed by atoms with Gasteiger partial charge in [-0.1, -0.05) is 0 Å². The molecule has 3 N–H and O–H groups in total. The lowest BCUT2D eigenvalue weighted by atomic mass is 10.2. The van der Waals surface area contributed by atoms with Crippen LogP contribution in [0.2, 0.25) is 0 Å². The summed E-state index contributed by atoms with van der Waals surface area (Å²) in [5, 5.41) is 11.6. The van der Waals surface area contributed by atoms with E-state index < -0.39 is 0 Å². The topological polar surface area (TPSA) is 112 Å². The van der Waals surface area contributed by atoms with Gasteiger partial charge in [0.25, 0.3) is 5.91 Å². The molecule has 0 aliphatic carbocycles. The molecule has 9 nitrogen and oxygen atoms in total. The summed E-state index contributed by atoms with van der Waals surface area (Å²) >= 11 is 1.47. The number of carbonyl (C=O) groups excluding carboxylic acids is 1. The van der Waals surface area contributed by atoms with E-state index in [1.54, 1.807) is 29.2 Å². The lowest BCUT2D eigenvalue weighted by Crippen LogP contribution is -2.14. The number of nitrogen functional groups attached to an aromatic ring is 1. The summed E-state index contributed by atoms with van der Waals surface area (Å²) in [4.78, 5) is 18.7. The Kier molecular flexibility index (Phi) is 4.89. The third-order valence-corrected chi connectivity index (χ3v) is 5.75. The van der Waals surface area contributed by atoms with Crippen molar-refractivity contribution >= 4 is 45.9 Å². The number of thiazole rings is 1. The van der Waals surface area contributed by atoms with Gasteiger partial charge < -0.3 is 15.8 Å². The predicted molar refractivity (Wildman–Crippen MR) is 113 cm³/mol. The molecular formula is C18H18ClN7O2S. The number of nitrogens with two attached hydrogens (primary N) is 1. The van der Waals surface area contributed by atoms with Crippen LogP contribution in [-0.2, 0) is 6.54 Å². The van der Waals surface area contributed by atoms with E-state index in [-0.39, 0.29) is 18.3 Å². The van der Waals surface area contributed by atoms with Gasteiger partial charge in [0.2, 0.25) is 5.88 Å². The van der Waals surface area contributed by atoms with Gasteiger partial charge in [0, 0.05) is 19.2 Å². The molecule has 29 heavy (non-hydrogen) atoms. The Hall–Kier alpha value is -3.11. The SMILES string of the molecule is Cc1ncc(N)cc1NC(=O)c1cnn2cc(-c3cnn4c3OCCC4)sc12.Cl. The van der Waals surface area contributed by atoms with Crippen LogP contribution in [-0.4, -0.2) is 36.9 Å². The summed E-state index contributed by atoms with van der Waals surface area (Å²) < 4.78 is 9.35. The van der Waals surface area contributed by atoms with Gasteiger partial charge in [-0.3, -0.25) is 9.78 Å². The molecule has 0 atom stereocenters. The number of nitrogens with zero attached hydrogens (tertiary/aromatic N) is 5. The fraction of sp³-hybridized carbons (Fsp3) is 0.222. The number of rotatable bonds is 3. The van der Waals surface area contributed by atoms with Gasteiger partial charge in [-0.2, -0.15) is 10.2 Å². The second-order valence-electron chi connectivity index (χ2n) is 6.55. The van der Waals surface area contributed by atoms with E-state index in [0.29, 0.717) is 29.2 Å². The Morgan fingerprint density at radius 3 is 3.03 bits per heavy atom. The van der Waals surface area contributed by atoms with Gasteiger partial charge in [-0.05, 0) is 13.0 Å². The van der Waals surface area contributed by atoms with Crippen LogP contribution in [0.3, 0.4) is 0 Å². The zero-order chi connectivity index (χ0) is 19.3. The second-order valence-corrected chi connectivity index (χ2v) is 7.58.